The zero-order chi connectivity index (χ0) is 16.0. The van der Waals surface area contributed by atoms with E-state index in [1.807, 2.05) is 0 Å². The predicted molar refractivity (Wildman–Crippen MR) is 76.0 cm³/mol. The number of nitrogens with one attached hydrogen (secondary N) is 1. The standard InChI is InChI=1S/C14H19F2NO4S/c15-12-5-1-6-13(16)14(12)22(18,19)17-7-3-8-20-10-11-4-2-9-21-11/h1,5-6,11,17H,2-4,7-10H2/t11-/m0/s1. The minimum absolute atomic E-state index is 0.0433. The molecule has 0 amide bonds. The van der Waals surface area contributed by atoms with E-state index in [4.69, 9.17) is 9.47 Å². The van der Waals surface area contributed by atoms with Crippen molar-refractivity contribution >= 4 is 10.0 Å². The van der Waals surface area contributed by atoms with Crippen LogP contribution in [-0.2, 0) is 19.5 Å². The summed E-state index contributed by atoms with van der Waals surface area (Å²) in [4.78, 5) is -0.949. The predicted octanol–water partition coefficient (Wildman–Crippen LogP) is 1.83. The molecule has 0 spiro atoms. The van der Waals surface area contributed by atoms with Gasteiger partial charge in [0.25, 0.3) is 0 Å². The molecular formula is C14H19F2NO4S. The van der Waals surface area contributed by atoms with Gasteiger partial charge in [-0.15, -0.1) is 0 Å². The Morgan fingerprint density at radius 1 is 1.32 bits per heavy atom. The second-order valence-electron chi connectivity index (χ2n) is 5.01. The van der Waals surface area contributed by atoms with E-state index in [2.05, 4.69) is 4.72 Å². The van der Waals surface area contributed by atoms with E-state index < -0.39 is 26.6 Å². The van der Waals surface area contributed by atoms with Crippen LogP contribution in [0, 0.1) is 11.6 Å². The summed E-state index contributed by atoms with van der Waals surface area (Å²) in [5, 5.41) is 0. The van der Waals surface area contributed by atoms with Crippen LogP contribution >= 0.6 is 0 Å². The van der Waals surface area contributed by atoms with E-state index in [1.165, 1.54) is 0 Å². The van der Waals surface area contributed by atoms with Crippen LogP contribution in [0.25, 0.3) is 0 Å². The molecule has 1 aliphatic rings. The van der Waals surface area contributed by atoms with Crippen molar-refractivity contribution in [3.63, 3.8) is 0 Å². The minimum atomic E-state index is -4.20. The SMILES string of the molecule is O=S(=O)(NCCCOC[C@@H]1CCCO1)c1c(F)cccc1F. The van der Waals surface area contributed by atoms with Gasteiger partial charge < -0.3 is 9.47 Å². The molecule has 0 aromatic heterocycles. The molecule has 1 fully saturated rings. The third-order valence-corrected chi connectivity index (χ3v) is 4.78. The Balaban J connectivity index is 1.73. The zero-order valence-corrected chi connectivity index (χ0v) is 12.9. The van der Waals surface area contributed by atoms with Crippen LogP contribution < -0.4 is 4.72 Å². The average Bonchev–Trinajstić information content (AvgIpc) is 2.95. The Hall–Kier alpha value is -1.09. The van der Waals surface area contributed by atoms with Gasteiger partial charge >= 0.3 is 0 Å². The Morgan fingerprint density at radius 2 is 2.05 bits per heavy atom. The molecule has 0 bridgehead atoms. The van der Waals surface area contributed by atoms with Crippen LogP contribution in [0.5, 0.6) is 0 Å². The van der Waals surface area contributed by atoms with Crippen molar-refractivity contribution in [2.24, 2.45) is 0 Å². The van der Waals surface area contributed by atoms with Crippen molar-refractivity contribution in [1.82, 2.24) is 4.72 Å². The smallest absolute Gasteiger partial charge is 0.246 e. The molecule has 1 N–H and O–H groups in total. The summed E-state index contributed by atoms with van der Waals surface area (Å²) in [5.41, 5.74) is 0. The van der Waals surface area contributed by atoms with Crippen molar-refractivity contribution in [2.75, 3.05) is 26.4 Å². The second kappa shape index (κ2) is 7.96. The van der Waals surface area contributed by atoms with Gasteiger partial charge in [0.05, 0.1) is 12.7 Å². The van der Waals surface area contributed by atoms with E-state index in [0.29, 0.717) is 19.6 Å². The lowest BCUT2D eigenvalue weighted by atomic mass is 10.2. The van der Waals surface area contributed by atoms with Gasteiger partial charge in [0.1, 0.15) is 11.6 Å². The van der Waals surface area contributed by atoms with Crippen LogP contribution in [0.1, 0.15) is 19.3 Å². The summed E-state index contributed by atoms with van der Waals surface area (Å²) in [6, 6.07) is 2.92. The summed E-state index contributed by atoms with van der Waals surface area (Å²) in [5.74, 6) is -2.22. The van der Waals surface area contributed by atoms with Gasteiger partial charge in [-0.1, -0.05) is 6.07 Å². The molecule has 1 atom stereocenters. The lowest BCUT2D eigenvalue weighted by Gasteiger charge is -2.11. The lowest BCUT2D eigenvalue weighted by molar-refractivity contribution is 0.0169. The van der Waals surface area contributed by atoms with Crippen LogP contribution in [-0.4, -0.2) is 40.9 Å². The minimum Gasteiger partial charge on any atom is -0.379 e. The highest BCUT2D eigenvalue weighted by Crippen LogP contribution is 2.17. The maximum Gasteiger partial charge on any atom is 0.246 e. The highest BCUT2D eigenvalue weighted by Gasteiger charge is 2.23. The van der Waals surface area contributed by atoms with Crippen molar-refractivity contribution < 1.29 is 26.7 Å². The molecule has 1 aromatic rings. The van der Waals surface area contributed by atoms with Crippen molar-refractivity contribution in [1.29, 1.82) is 0 Å². The van der Waals surface area contributed by atoms with Gasteiger partial charge in [0, 0.05) is 19.8 Å². The molecule has 1 aromatic carbocycles. The zero-order valence-electron chi connectivity index (χ0n) is 12.1. The lowest BCUT2D eigenvalue weighted by Crippen LogP contribution is -2.27. The largest absolute Gasteiger partial charge is 0.379 e. The van der Waals surface area contributed by atoms with Gasteiger partial charge in [-0.25, -0.2) is 21.9 Å². The van der Waals surface area contributed by atoms with Crippen molar-refractivity contribution in [3.05, 3.63) is 29.8 Å². The summed E-state index contributed by atoms with van der Waals surface area (Å²) in [6.07, 6.45) is 2.52. The topological polar surface area (TPSA) is 64.6 Å². The van der Waals surface area contributed by atoms with Gasteiger partial charge in [-0.05, 0) is 31.4 Å². The molecule has 0 radical (unpaired) electrons. The third-order valence-electron chi connectivity index (χ3n) is 3.27. The molecular weight excluding hydrogens is 316 g/mol. The first-order valence-corrected chi connectivity index (χ1v) is 8.62. The van der Waals surface area contributed by atoms with E-state index in [0.717, 1.165) is 37.6 Å². The molecule has 1 saturated heterocycles. The fraction of sp³-hybridized carbons (Fsp3) is 0.571. The third kappa shape index (κ3) is 4.70. The van der Waals surface area contributed by atoms with Gasteiger partial charge in [0.2, 0.25) is 10.0 Å². The summed E-state index contributed by atoms with van der Waals surface area (Å²) < 4.78 is 63.6. The number of ether oxygens (including phenoxy) is 2. The van der Waals surface area contributed by atoms with Crippen LogP contribution in [0.2, 0.25) is 0 Å². The van der Waals surface area contributed by atoms with Gasteiger partial charge in [-0.2, -0.15) is 0 Å². The summed E-state index contributed by atoms with van der Waals surface area (Å²) in [6.45, 7) is 1.63. The van der Waals surface area contributed by atoms with Crippen molar-refractivity contribution in [2.45, 2.75) is 30.3 Å². The quantitative estimate of drug-likeness (QED) is 0.736. The highest BCUT2D eigenvalue weighted by atomic mass is 32.2. The van der Waals surface area contributed by atoms with Crippen LogP contribution in [0.4, 0.5) is 8.78 Å². The van der Waals surface area contributed by atoms with E-state index >= 15 is 0 Å². The van der Waals surface area contributed by atoms with Gasteiger partial charge in [0.15, 0.2) is 4.90 Å². The number of halogens is 2. The molecule has 8 heteroatoms. The Labute approximate surface area is 128 Å². The summed E-state index contributed by atoms with van der Waals surface area (Å²) in [7, 11) is -4.20. The number of rotatable bonds is 8. The first-order valence-electron chi connectivity index (χ1n) is 7.14. The van der Waals surface area contributed by atoms with E-state index in [-0.39, 0.29) is 12.6 Å². The first-order chi connectivity index (χ1) is 10.5. The van der Waals surface area contributed by atoms with Crippen LogP contribution in [0.15, 0.2) is 23.1 Å². The number of benzene rings is 1. The molecule has 22 heavy (non-hydrogen) atoms. The fourth-order valence-electron chi connectivity index (χ4n) is 2.18. The summed E-state index contributed by atoms with van der Waals surface area (Å²) >= 11 is 0. The van der Waals surface area contributed by atoms with E-state index in [1.54, 1.807) is 0 Å². The Kier molecular flexibility index (Phi) is 6.25. The molecule has 5 nitrogen and oxygen atoms in total. The second-order valence-corrected chi connectivity index (χ2v) is 6.72. The molecule has 124 valence electrons. The van der Waals surface area contributed by atoms with Gasteiger partial charge in [-0.3, -0.25) is 0 Å². The molecule has 1 aliphatic heterocycles. The average molecular weight is 335 g/mol. The molecule has 1 heterocycles. The molecule has 2 rings (SSSR count). The van der Waals surface area contributed by atoms with E-state index in [9.17, 15) is 17.2 Å². The van der Waals surface area contributed by atoms with Crippen LogP contribution in [0.3, 0.4) is 0 Å². The number of sulfonamides is 1. The fourth-order valence-corrected chi connectivity index (χ4v) is 3.39. The Morgan fingerprint density at radius 3 is 2.68 bits per heavy atom. The molecule has 0 unspecified atom stereocenters. The normalized spacial score (nSPS) is 18.7. The first kappa shape index (κ1) is 17.3. The Bertz CT molecular complexity index is 568. The highest BCUT2D eigenvalue weighted by molar-refractivity contribution is 7.89. The molecule has 0 saturated carbocycles. The monoisotopic (exact) mass is 335 g/mol. The number of hydrogen-bond acceptors (Lipinski definition) is 4. The number of hydrogen-bond donors (Lipinski definition) is 1. The maximum absolute atomic E-state index is 13.5. The van der Waals surface area contributed by atoms with Crippen molar-refractivity contribution in [3.8, 4) is 0 Å². The maximum atomic E-state index is 13.5. The molecule has 0 aliphatic carbocycles.